The zero-order valence-corrected chi connectivity index (χ0v) is 8.61. The molecular formula is C10H15NO4. The topological polar surface area (TPSA) is 55.8 Å². The van der Waals surface area contributed by atoms with Gasteiger partial charge in [0.05, 0.1) is 26.3 Å². The van der Waals surface area contributed by atoms with E-state index in [1.807, 2.05) is 0 Å². The van der Waals surface area contributed by atoms with Crippen molar-refractivity contribution in [1.82, 2.24) is 4.90 Å². The van der Waals surface area contributed by atoms with E-state index in [1.165, 1.54) is 0 Å². The molecule has 1 fully saturated rings. The minimum absolute atomic E-state index is 0.163. The number of carbonyl (C=O) groups is 2. The summed E-state index contributed by atoms with van der Waals surface area (Å²) >= 11 is 0. The van der Waals surface area contributed by atoms with Gasteiger partial charge in [0.15, 0.2) is 0 Å². The molecule has 0 amide bonds. The zero-order chi connectivity index (χ0) is 11.1. The smallest absolute Gasteiger partial charge is 0.327 e. The van der Waals surface area contributed by atoms with Crippen molar-refractivity contribution in [2.45, 2.75) is 6.42 Å². The first-order valence-electron chi connectivity index (χ1n) is 4.87. The summed E-state index contributed by atoms with van der Waals surface area (Å²) in [6, 6.07) is 0. The van der Waals surface area contributed by atoms with Gasteiger partial charge in [-0.1, -0.05) is 6.08 Å². The highest BCUT2D eigenvalue weighted by molar-refractivity contribution is 5.90. The number of carbonyl (C=O) groups excluding carboxylic acids is 2. The van der Waals surface area contributed by atoms with Gasteiger partial charge in [0.2, 0.25) is 0 Å². The Morgan fingerprint density at radius 3 is 2.60 bits per heavy atom. The van der Waals surface area contributed by atoms with E-state index in [9.17, 15) is 9.59 Å². The third kappa shape index (κ3) is 4.71. The van der Waals surface area contributed by atoms with E-state index >= 15 is 0 Å². The molecule has 5 heteroatoms. The van der Waals surface area contributed by atoms with E-state index < -0.39 is 11.9 Å². The number of morpholine rings is 1. The van der Waals surface area contributed by atoms with Gasteiger partial charge < -0.3 is 9.47 Å². The Balaban J connectivity index is 2.12. The van der Waals surface area contributed by atoms with Gasteiger partial charge in [-0.2, -0.15) is 0 Å². The highest BCUT2D eigenvalue weighted by Crippen LogP contribution is 1.99. The van der Waals surface area contributed by atoms with Crippen LogP contribution in [0.4, 0.5) is 0 Å². The summed E-state index contributed by atoms with van der Waals surface area (Å²) in [5, 5.41) is 0. The van der Waals surface area contributed by atoms with E-state index in [-0.39, 0.29) is 13.1 Å². The third-order valence-electron chi connectivity index (χ3n) is 1.95. The third-order valence-corrected chi connectivity index (χ3v) is 1.95. The predicted octanol–water partition coefficient (Wildman–Crippen LogP) is -0.0355. The maximum atomic E-state index is 10.9. The lowest BCUT2D eigenvalue weighted by atomic mass is 10.4. The first-order chi connectivity index (χ1) is 7.22. The average molecular weight is 213 g/mol. The molecule has 0 aromatic rings. The second-order valence-corrected chi connectivity index (χ2v) is 3.25. The van der Waals surface area contributed by atoms with Crippen LogP contribution < -0.4 is 0 Å². The fourth-order valence-corrected chi connectivity index (χ4v) is 1.23. The summed E-state index contributed by atoms with van der Waals surface area (Å²) in [4.78, 5) is 23.5. The summed E-state index contributed by atoms with van der Waals surface area (Å²) in [6.07, 6.45) is 2.59. The van der Waals surface area contributed by atoms with Gasteiger partial charge in [0.1, 0.15) is 0 Å². The number of cyclic esters (lactones) is 2. The molecule has 1 aliphatic heterocycles. The fourth-order valence-electron chi connectivity index (χ4n) is 1.23. The molecule has 0 N–H and O–H groups in total. The summed E-state index contributed by atoms with van der Waals surface area (Å²) in [6.45, 7) is 5.59. The summed E-state index contributed by atoms with van der Waals surface area (Å²) in [5.41, 5.74) is 0. The first kappa shape index (κ1) is 11.9. The average Bonchev–Trinajstić information content (AvgIpc) is 2.16. The Kier molecular flexibility index (Phi) is 5.00. The number of hydrogen-bond acceptors (Lipinski definition) is 5. The summed E-state index contributed by atoms with van der Waals surface area (Å²) < 4.78 is 9.66. The van der Waals surface area contributed by atoms with Crippen molar-refractivity contribution in [3.05, 3.63) is 12.7 Å². The van der Waals surface area contributed by atoms with E-state index in [0.717, 1.165) is 6.42 Å². The largest absolute Gasteiger partial charge is 0.391 e. The monoisotopic (exact) mass is 213 g/mol. The molecule has 5 nitrogen and oxygen atoms in total. The maximum Gasteiger partial charge on any atom is 0.327 e. The number of esters is 2. The van der Waals surface area contributed by atoms with Gasteiger partial charge in [-0.25, -0.2) is 0 Å². The minimum atomic E-state index is -0.489. The fraction of sp³-hybridized carbons (Fsp3) is 0.600. The van der Waals surface area contributed by atoms with E-state index in [1.54, 1.807) is 11.0 Å². The van der Waals surface area contributed by atoms with Crippen LogP contribution in [0.15, 0.2) is 12.7 Å². The molecule has 84 valence electrons. The van der Waals surface area contributed by atoms with Crippen LogP contribution in [-0.4, -0.2) is 49.7 Å². The lowest BCUT2D eigenvalue weighted by molar-refractivity contribution is -0.167. The van der Waals surface area contributed by atoms with E-state index in [2.05, 4.69) is 11.3 Å². The normalized spacial score (nSPS) is 17.6. The molecule has 1 rings (SSSR count). The Morgan fingerprint density at radius 2 is 2.00 bits per heavy atom. The van der Waals surface area contributed by atoms with Crippen molar-refractivity contribution in [3.63, 3.8) is 0 Å². The van der Waals surface area contributed by atoms with Crippen molar-refractivity contribution < 1.29 is 19.1 Å². The first-order valence-corrected chi connectivity index (χ1v) is 4.87. The Hall–Kier alpha value is -1.20. The van der Waals surface area contributed by atoms with Gasteiger partial charge >= 0.3 is 11.9 Å². The molecule has 0 aromatic heterocycles. The van der Waals surface area contributed by atoms with Gasteiger partial charge in [0.25, 0.3) is 0 Å². The van der Waals surface area contributed by atoms with Crippen molar-refractivity contribution >= 4 is 11.9 Å². The molecule has 1 aliphatic rings. The quantitative estimate of drug-likeness (QED) is 0.268. The van der Waals surface area contributed by atoms with Crippen LogP contribution in [0.3, 0.4) is 0 Å². The van der Waals surface area contributed by atoms with Crippen LogP contribution in [0.25, 0.3) is 0 Å². The Morgan fingerprint density at radius 1 is 1.33 bits per heavy atom. The van der Waals surface area contributed by atoms with Crippen molar-refractivity contribution in [2.24, 2.45) is 0 Å². The van der Waals surface area contributed by atoms with Crippen LogP contribution in [0.1, 0.15) is 6.42 Å². The molecule has 0 saturated carbocycles. The number of nitrogens with zero attached hydrogens (tertiary/aromatic N) is 1. The molecule has 0 atom stereocenters. The van der Waals surface area contributed by atoms with Gasteiger partial charge in [-0.05, 0) is 6.42 Å². The minimum Gasteiger partial charge on any atom is -0.391 e. The molecule has 0 radical (unpaired) electrons. The highest BCUT2D eigenvalue weighted by Gasteiger charge is 2.23. The standard InChI is InChI=1S/C10H15NO4/c1-2-3-5-14-6-4-11-7-9(12)15-10(13)8-11/h2H,1,3-8H2. The van der Waals surface area contributed by atoms with Gasteiger partial charge in [0, 0.05) is 6.54 Å². The van der Waals surface area contributed by atoms with Crippen molar-refractivity contribution in [3.8, 4) is 0 Å². The number of rotatable bonds is 6. The molecule has 0 spiro atoms. The lowest BCUT2D eigenvalue weighted by Gasteiger charge is -2.23. The molecule has 0 unspecified atom stereocenters. The molecular weight excluding hydrogens is 198 g/mol. The van der Waals surface area contributed by atoms with Crippen LogP contribution in [-0.2, 0) is 19.1 Å². The van der Waals surface area contributed by atoms with Crippen LogP contribution >= 0.6 is 0 Å². The molecule has 0 aliphatic carbocycles. The van der Waals surface area contributed by atoms with Crippen LogP contribution in [0, 0.1) is 0 Å². The van der Waals surface area contributed by atoms with Crippen molar-refractivity contribution in [1.29, 1.82) is 0 Å². The van der Waals surface area contributed by atoms with E-state index in [0.29, 0.717) is 19.8 Å². The second kappa shape index (κ2) is 6.31. The Labute approximate surface area is 88.6 Å². The number of hydrogen-bond donors (Lipinski definition) is 0. The van der Waals surface area contributed by atoms with E-state index in [4.69, 9.17) is 4.74 Å². The summed E-state index contributed by atoms with van der Waals surface area (Å²) in [5.74, 6) is -0.977. The molecule has 15 heavy (non-hydrogen) atoms. The predicted molar refractivity (Wildman–Crippen MR) is 53.2 cm³/mol. The Bertz CT molecular complexity index is 236. The van der Waals surface area contributed by atoms with Crippen LogP contribution in [0.5, 0.6) is 0 Å². The lowest BCUT2D eigenvalue weighted by Crippen LogP contribution is -2.44. The van der Waals surface area contributed by atoms with Crippen molar-refractivity contribution in [2.75, 3.05) is 32.8 Å². The van der Waals surface area contributed by atoms with Crippen LogP contribution in [0.2, 0.25) is 0 Å². The van der Waals surface area contributed by atoms with Gasteiger partial charge in [-0.3, -0.25) is 14.5 Å². The molecule has 1 saturated heterocycles. The zero-order valence-electron chi connectivity index (χ0n) is 8.61. The molecule has 1 heterocycles. The maximum absolute atomic E-state index is 10.9. The molecule has 0 bridgehead atoms. The molecule has 0 aromatic carbocycles. The van der Waals surface area contributed by atoms with Gasteiger partial charge in [-0.15, -0.1) is 6.58 Å². The number of ether oxygens (including phenoxy) is 2. The summed E-state index contributed by atoms with van der Waals surface area (Å²) in [7, 11) is 0. The highest BCUT2D eigenvalue weighted by atomic mass is 16.6. The second-order valence-electron chi connectivity index (χ2n) is 3.25. The SMILES string of the molecule is C=CCCOCCN1CC(=O)OC(=O)C1.